The maximum absolute atomic E-state index is 13.4. The Morgan fingerprint density at radius 2 is 1.81 bits per heavy atom. The Morgan fingerprint density at radius 3 is 2.29 bits per heavy atom. The van der Waals surface area contributed by atoms with Gasteiger partial charge in [-0.05, 0) is 55.5 Å². The van der Waals surface area contributed by atoms with Crippen LogP contribution < -0.4 is 0 Å². The van der Waals surface area contributed by atoms with Crippen molar-refractivity contribution in [2.45, 2.75) is 31.7 Å². The Kier molecular flexibility index (Phi) is 4.51. The van der Waals surface area contributed by atoms with Gasteiger partial charge in [0.2, 0.25) is 10.0 Å². The number of halogens is 1. The molecular formula is C15H18FNO2S2. The quantitative estimate of drug-likeness (QED) is 0.854. The molecule has 0 radical (unpaired) electrons. The van der Waals surface area contributed by atoms with Gasteiger partial charge in [-0.25, -0.2) is 12.8 Å². The number of thiophene rings is 1. The minimum absolute atomic E-state index is 0.190. The zero-order valence-electron chi connectivity index (χ0n) is 12.4. The van der Waals surface area contributed by atoms with Crippen LogP contribution in [-0.4, -0.2) is 19.8 Å². The molecule has 2 rings (SSSR count). The topological polar surface area (TPSA) is 37.4 Å². The molecule has 1 unspecified atom stereocenters. The Morgan fingerprint density at radius 1 is 1.24 bits per heavy atom. The molecule has 0 spiro atoms. The summed E-state index contributed by atoms with van der Waals surface area (Å²) in [6.07, 6.45) is 0. The second-order valence-corrected chi connectivity index (χ2v) is 7.99. The lowest BCUT2D eigenvalue weighted by molar-refractivity contribution is 0.402. The van der Waals surface area contributed by atoms with Gasteiger partial charge >= 0.3 is 0 Å². The molecule has 114 valence electrons. The van der Waals surface area contributed by atoms with Crippen LogP contribution in [0.15, 0.2) is 34.5 Å². The maximum atomic E-state index is 13.4. The second-order valence-electron chi connectivity index (χ2n) is 5.08. The van der Waals surface area contributed by atoms with Crippen LogP contribution in [0.4, 0.5) is 4.39 Å². The first-order chi connectivity index (χ1) is 9.75. The van der Waals surface area contributed by atoms with Crippen LogP contribution in [0.5, 0.6) is 0 Å². The van der Waals surface area contributed by atoms with E-state index in [1.54, 1.807) is 20.9 Å². The van der Waals surface area contributed by atoms with Crippen LogP contribution in [0.1, 0.15) is 29.0 Å². The van der Waals surface area contributed by atoms with Gasteiger partial charge in [-0.15, -0.1) is 11.3 Å². The Balaban J connectivity index is 2.47. The Hall–Kier alpha value is -1.24. The Labute approximate surface area is 129 Å². The zero-order chi connectivity index (χ0) is 15.8. The van der Waals surface area contributed by atoms with Crippen molar-refractivity contribution in [1.82, 2.24) is 4.31 Å². The second kappa shape index (κ2) is 5.87. The molecule has 1 aromatic heterocycles. The minimum Gasteiger partial charge on any atom is -0.207 e. The maximum Gasteiger partial charge on any atom is 0.243 e. The molecule has 0 saturated heterocycles. The molecular weight excluding hydrogens is 309 g/mol. The van der Waals surface area contributed by atoms with Crippen LogP contribution in [0.2, 0.25) is 0 Å². The molecule has 0 N–H and O–H groups in total. The van der Waals surface area contributed by atoms with E-state index >= 15 is 0 Å². The van der Waals surface area contributed by atoms with E-state index in [4.69, 9.17) is 0 Å². The summed E-state index contributed by atoms with van der Waals surface area (Å²) in [5.41, 5.74) is 0.857. The first-order valence-electron chi connectivity index (χ1n) is 6.53. The zero-order valence-corrected chi connectivity index (χ0v) is 14.1. The van der Waals surface area contributed by atoms with E-state index in [0.29, 0.717) is 11.1 Å². The summed E-state index contributed by atoms with van der Waals surface area (Å²) in [4.78, 5) is 1.16. The van der Waals surface area contributed by atoms with Crippen LogP contribution >= 0.6 is 11.3 Å². The third kappa shape index (κ3) is 3.02. The highest BCUT2D eigenvalue weighted by Gasteiger charge is 2.29. The summed E-state index contributed by atoms with van der Waals surface area (Å²) in [6, 6.07) is 6.04. The van der Waals surface area contributed by atoms with Crippen molar-refractivity contribution in [3.05, 3.63) is 51.5 Å². The number of rotatable bonds is 4. The molecule has 1 heterocycles. The van der Waals surface area contributed by atoms with Gasteiger partial charge in [0.05, 0.1) is 10.9 Å². The Bertz CT molecular complexity index is 716. The first-order valence-corrected chi connectivity index (χ1v) is 8.85. The molecule has 1 atom stereocenters. The summed E-state index contributed by atoms with van der Waals surface area (Å²) in [7, 11) is -2.11. The van der Waals surface area contributed by atoms with Crippen molar-refractivity contribution in [2.75, 3.05) is 7.05 Å². The van der Waals surface area contributed by atoms with Gasteiger partial charge in [0.15, 0.2) is 0 Å². The van der Waals surface area contributed by atoms with Gasteiger partial charge in [-0.2, -0.15) is 4.31 Å². The summed E-state index contributed by atoms with van der Waals surface area (Å²) in [5.74, 6) is -0.419. The number of hydrogen-bond acceptors (Lipinski definition) is 3. The fourth-order valence-corrected chi connectivity index (χ4v) is 5.01. The van der Waals surface area contributed by atoms with Crippen molar-refractivity contribution < 1.29 is 12.8 Å². The van der Waals surface area contributed by atoms with Crippen molar-refractivity contribution in [2.24, 2.45) is 0 Å². The van der Waals surface area contributed by atoms with Gasteiger partial charge in [-0.3, -0.25) is 0 Å². The van der Waals surface area contributed by atoms with Crippen LogP contribution in [0.25, 0.3) is 0 Å². The molecule has 0 aliphatic heterocycles. The lowest BCUT2D eigenvalue weighted by atomic mass is 10.1. The highest BCUT2D eigenvalue weighted by atomic mass is 32.2. The lowest BCUT2D eigenvalue weighted by Crippen LogP contribution is -2.30. The van der Waals surface area contributed by atoms with E-state index in [2.05, 4.69) is 0 Å². The lowest BCUT2D eigenvalue weighted by Gasteiger charge is -2.25. The number of benzene rings is 1. The van der Waals surface area contributed by atoms with Gasteiger partial charge in [0, 0.05) is 11.9 Å². The van der Waals surface area contributed by atoms with E-state index in [1.165, 1.54) is 27.8 Å². The molecule has 0 bridgehead atoms. The molecule has 0 aliphatic rings. The number of nitrogens with zero attached hydrogens (tertiary/aromatic N) is 1. The average molecular weight is 327 g/mol. The van der Waals surface area contributed by atoms with E-state index in [9.17, 15) is 12.8 Å². The standard InChI is InChI=1S/C15H18FNO2S2/c1-10-8-13(16)9-11(2)15(10)21(18,19)17(4)12(3)14-6-5-7-20-14/h5-9,12H,1-4H3. The smallest absolute Gasteiger partial charge is 0.207 e. The van der Waals surface area contributed by atoms with Crippen molar-refractivity contribution in [3.63, 3.8) is 0 Å². The fraction of sp³-hybridized carbons (Fsp3) is 0.333. The highest BCUT2D eigenvalue weighted by Crippen LogP contribution is 2.31. The molecule has 0 aliphatic carbocycles. The molecule has 21 heavy (non-hydrogen) atoms. The van der Waals surface area contributed by atoms with Crippen LogP contribution in [-0.2, 0) is 10.0 Å². The van der Waals surface area contributed by atoms with Crippen molar-refractivity contribution in [1.29, 1.82) is 0 Å². The normalized spacial score (nSPS) is 13.6. The van der Waals surface area contributed by atoms with Crippen LogP contribution in [0, 0.1) is 19.7 Å². The summed E-state index contributed by atoms with van der Waals surface area (Å²) in [6.45, 7) is 5.08. The van der Waals surface area contributed by atoms with Crippen molar-refractivity contribution >= 4 is 21.4 Å². The number of sulfonamides is 1. The predicted octanol–water partition coefficient (Wildman–Crippen LogP) is 3.89. The molecule has 0 fully saturated rings. The van der Waals surface area contributed by atoms with Gasteiger partial charge in [0.1, 0.15) is 5.82 Å². The van der Waals surface area contributed by atoms with Gasteiger partial charge in [-0.1, -0.05) is 6.07 Å². The van der Waals surface area contributed by atoms with Gasteiger partial charge < -0.3 is 0 Å². The molecule has 3 nitrogen and oxygen atoms in total. The summed E-state index contributed by atoms with van der Waals surface area (Å²) >= 11 is 1.52. The first kappa shape index (κ1) is 16.1. The molecule has 6 heteroatoms. The number of hydrogen-bond donors (Lipinski definition) is 0. The van der Waals surface area contributed by atoms with Crippen LogP contribution in [0.3, 0.4) is 0 Å². The van der Waals surface area contributed by atoms with E-state index in [0.717, 1.165) is 4.88 Å². The SMILES string of the molecule is Cc1cc(F)cc(C)c1S(=O)(=O)N(C)C(C)c1cccs1. The minimum atomic E-state index is -3.67. The monoisotopic (exact) mass is 327 g/mol. The fourth-order valence-electron chi connectivity index (χ4n) is 2.36. The van der Waals surface area contributed by atoms with E-state index in [-0.39, 0.29) is 10.9 Å². The van der Waals surface area contributed by atoms with Gasteiger partial charge in [0.25, 0.3) is 0 Å². The van der Waals surface area contributed by atoms with Crippen molar-refractivity contribution in [3.8, 4) is 0 Å². The summed E-state index contributed by atoms with van der Waals surface area (Å²) in [5, 5.41) is 1.92. The third-order valence-corrected chi connectivity index (χ3v) is 6.84. The molecule has 1 aromatic carbocycles. The summed E-state index contributed by atoms with van der Waals surface area (Å²) < 4.78 is 40.4. The molecule has 2 aromatic rings. The highest BCUT2D eigenvalue weighted by molar-refractivity contribution is 7.89. The van der Waals surface area contributed by atoms with E-state index in [1.807, 2.05) is 24.4 Å². The largest absolute Gasteiger partial charge is 0.243 e. The third-order valence-electron chi connectivity index (χ3n) is 3.56. The molecule has 0 saturated carbocycles. The van der Waals surface area contributed by atoms with E-state index < -0.39 is 15.8 Å². The average Bonchev–Trinajstić information content (AvgIpc) is 2.89. The number of aryl methyl sites for hydroxylation is 2. The predicted molar refractivity (Wildman–Crippen MR) is 83.6 cm³/mol. The molecule has 0 amide bonds.